The molecule has 1 aromatic rings. The lowest BCUT2D eigenvalue weighted by Crippen LogP contribution is -2.55. The molecule has 2 amide bonds. The van der Waals surface area contributed by atoms with E-state index in [0.29, 0.717) is 19.0 Å². The first-order valence-corrected chi connectivity index (χ1v) is 9.16. The Balaban J connectivity index is 1.37. The third-order valence-electron chi connectivity index (χ3n) is 5.29. The molecule has 0 aliphatic carbocycles. The van der Waals surface area contributed by atoms with Gasteiger partial charge in [0.15, 0.2) is 0 Å². The topological polar surface area (TPSA) is 64.7 Å². The molecular formula is C19H28N4O2. The second kappa shape index (κ2) is 8.45. The first kappa shape index (κ1) is 17.9. The van der Waals surface area contributed by atoms with Gasteiger partial charge in [0.2, 0.25) is 11.8 Å². The summed E-state index contributed by atoms with van der Waals surface area (Å²) in [5.74, 6) is 0.883. The van der Waals surface area contributed by atoms with Crippen molar-refractivity contribution in [2.45, 2.75) is 13.5 Å². The first-order chi connectivity index (χ1) is 12.1. The highest BCUT2D eigenvalue weighted by atomic mass is 16.2. The van der Waals surface area contributed by atoms with Gasteiger partial charge in [-0.1, -0.05) is 37.3 Å². The van der Waals surface area contributed by atoms with Crippen LogP contribution in [0.25, 0.3) is 0 Å². The number of carbonyl (C=O) groups excluding carboxylic acids is 2. The van der Waals surface area contributed by atoms with Crippen LogP contribution in [0.2, 0.25) is 0 Å². The van der Waals surface area contributed by atoms with Crippen molar-refractivity contribution in [2.24, 2.45) is 11.8 Å². The molecule has 1 atom stereocenters. The van der Waals surface area contributed by atoms with Gasteiger partial charge in [-0.05, 0) is 24.6 Å². The summed E-state index contributed by atoms with van der Waals surface area (Å²) in [6, 6.07) is 9.91. The maximum absolute atomic E-state index is 12.5. The van der Waals surface area contributed by atoms with Crippen molar-refractivity contribution in [1.82, 2.24) is 20.4 Å². The van der Waals surface area contributed by atoms with E-state index in [1.807, 2.05) is 42.2 Å². The minimum Gasteiger partial charge on any atom is -0.351 e. The quantitative estimate of drug-likeness (QED) is 0.779. The number of carbonyl (C=O) groups is 2. The summed E-state index contributed by atoms with van der Waals surface area (Å²) in [7, 11) is 0. The average Bonchev–Trinajstić information content (AvgIpc) is 2.59. The lowest BCUT2D eigenvalue weighted by molar-refractivity contribution is -0.139. The Hall–Kier alpha value is -1.92. The van der Waals surface area contributed by atoms with Crippen molar-refractivity contribution in [3.63, 3.8) is 0 Å². The van der Waals surface area contributed by atoms with Gasteiger partial charge in [-0.3, -0.25) is 14.5 Å². The van der Waals surface area contributed by atoms with Gasteiger partial charge in [-0.15, -0.1) is 0 Å². The van der Waals surface area contributed by atoms with Crippen molar-refractivity contribution < 1.29 is 9.59 Å². The summed E-state index contributed by atoms with van der Waals surface area (Å²) < 4.78 is 0. The largest absolute Gasteiger partial charge is 0.351 e. The zero-order valence-electron chi connectivity index (χ0n) is 14.9. The molecule has 1 unspecified atom stereocenters. The van der Waals surface area contributed by atoms with E-state index in [2.05, 4.69) is 15.5 Å². The zero-order chi connectivity index (χ0) is 17.6. The molecule has 2 saturated heterocycles. The Morgan fingerprint density at radius 3 is 2.44 bits per heavy atom. The Labute approximate surface area is 149 Å². The summed E-state index contributed by atoms with van der Waals surface area (Å²) in [6.45, 7) is 7.87. The van der Waals surface area contributed by atoms with Crippen LogP contribution in [0.4, 0.5) is 0 Å². The van der Waals surface area contributed by atoms with E-state index >= 15 is 0 Å². The van der Waals surface area contributed by atoms with Gasteiger partial charge in [0.1, 0.15) is 0 Å². The van der Waals surface area contributed by atoms with E-state index in [-0.39, 0.29) is 17.7 Å². The third-order valence-corrected chi connectivity index (χ3v) is 5.29. The summed E-state index contributed by atoms with van der Waals surface area (Å²) in [5, 5.41) is 6.19. The normalized spacial score (nSPS) is 20.0. The molecule has 2 heterocycles. The van der Waals surface area contributed by atoms with E-state index < -0.39 is 0 Å². The van der Waals surface area contributed by atoms with Gasteiger partial charge in [-0.25, -0.2) is 0 Å². The molecule has 0 radical (unpaired) electrons. The fourth-order valence-corrected chi connectivity index (χ4v) is 3.34. The van der Waals surface area contributed by atoms with Crippen LogP contribution in [0.15, 0.2) is 30.3 Å². The number of amides is 2. The predicted octanol–water partition coefficient (Wildman–Crippen LogP) is 0.303. The van der Waals surface area contributed by atoms with Crippen LogP contribution in [0.5, 0.6) is 0 Å². The van der Waals surface area contributed by atoms with Crippen LogP contribution in [0.1, 0.15) is 12.5 Å². The van der Waals surface area contributed by atoms with Gasteiger partial charge in [0, 0.05) is 38.6 Å². The number of piperazine rings is 1. The summed E-state index contributed by atoms with van der Waals surface area (Å²) >= 11 is 0. The highest BCUT2D eigenvalue weighted by molar-refractivity contribution is 5.79. The van der Waals surface area contributed by atoms with E-state index in [1.165, 1.54) is 0 Å². The monoisotopic (exact) mass is 344 g/mol. The molecule has 6 heteroatoms. The standard InChI is InChI=1S/C19H28N4O2/c1-15(17-12-20-13-17)19(25)23-9-7-22(8-10-23)14-18(24)21-11-16-5-3-2-4-6-16/h2-6,15,17,20H,7-14H2,1H3,(H,21,24). The Kier molecular flexibility index (Phi) is 6.04. The SMILES string of the molecule is CC(C(=O)N1CCN(CC(=O)NCc2ccccc2)CC1)C1CNC1. The molecule has 2 fully saturated rings. The number of hydrogen-bond donors (Lipinski definition) is 2. The lowest BCUT2D eigenvalue weighted by atomic mass is 9.88. The first-order valence-electron chi connectivity index (χ1n) is 9.16. The number of rotatable bonds is 6. The van der Waals surface area contributed by atoms with E-state index in [4.69, 9.17) is 0 Å². The predicted molar refractivity (Wildman–Crippen MR) is 96.8 cm³/mol. The fourth-order valence-electron chi connectivity index (χ4n) is 3.34. The second-order valence-corrected chi connectivity index (χ2v) is 7.07. The molecule has 0 saturated carbocycles. The van der Waals surface area contributed by atoms with E-state index in [0.717, 1.165) is 44.8 Å². The zero-order valence-corrected chi connectivity index (χ0v) is 14.9. The summed E-state index contributed by atoms with van der Waals surface area (Å²) in [5.41, 5.74) is 1.10. The van der Waals surface area contributed by atoms with Crippen molar-refractivity contribution in [2.75, 3.05) is 45.8 Å². The Bertz CT molecular complexity index is 580. The van der Waals surface area contributed by atoms with Crippen molar-refractivity contribution in [3.05, 3.63) is 35.9 Å². The molecule has 25 heavy (non-hydrogen) atoms. The van der Waals surface area contributed by atoms with Gasteiger partial charge in [0.05, 0.1) is 6.54 Å². The second-order valence-electron chi connectivity index (χ2n) is 7.07. The smallest absolute Gasteiger partial charge is 0.234 e. The molecule has 2 aliphatic heterocycles. The molecule has 2 aliphatic rings. The highest BCUT2D eigenvalue weighted by Gasteiger charge is 2.32. The molecule has 6 nitrogen and oxygen atoms in total. The molecule has 3 rings (SSSR count). The maximum atomic E-state index is 12.5. The van der Waals surface area contributed by atoms with Gasteiger partial charge in [-0.2, -0.15) is 0 Å². The van der Waals surface area contributed by atoms with Gasteiger partial charge in [0.25, 0.3) is 0 Å². The highest BCUT2D eigenvalue weighted by Crippen LogP contribution is 2.19. The number of nitrogens with zero attached hydrogens (tertiary/aromatic N) is 2. The maximum Gasteiger partial charge on any atom is 0.234 e. The van der Waals surface area contributed by atoms with Crippen LogP contribution in [-0.2, 0) is 16.1 Å². The Morgan fingerprint density at radius 1 is 1.16 bits per heavy atom. The molecule has 136 valence electrons. The molecular weight excluding hydrogens is 316 g/mol. The molecule has 0 bridgehead atoms. The van der Waals surface area contributed by atoms with Crippen LogP contribution < -0.4 is 10.6 Å². The summed E-state index contributed by atoms with van der Waals surface area (Å²) in [4.78, 5) is 28.7. The van der Waals surface area contributed by atoms with E-state index in [9.17, 15) is 9.59 Å². The molecule has 0 aromatic heterocycles. The molecule has 2 N–H and O–H groups in total. The van der Waals surface area contributed by atoms with Crippen LogP contribution in [0, 0.1) is 11.8 Å². The minimum atomic E-state index is 0.0394. The van der Waals surface area contributed by atoms with E-state index in [1.54, 1.807) is 0 Å². The molecule has 1 aromatic carbocycles. The number of benzene rings is 1. The van der Waals surface area contributed by atoms with Crippen molar-refractivity contribution in [1.29, 1.82) is 0 Å². The minimum absolute atomic E-state index is 0.0394. The average molecular weight is 344 g/mol. The Morgan fingerprint density at radius 2 is 1.84 bits per heavy atom. The lowest BCUT2D eigenvalue weighted by Gasteiger charge is -2.39. The van der Waals surface area contributed by atoms with Crippen molar-refractivity contribution >= 4 is 11.8 Å². The number of hydrogen-bond acceptors (Lipinski definition) is 4. The number of nitrogens with one attached hydrogen (secondary N) is 2. The van der Waals surface area contributed by atoms with Crippen LogP contribution in [-0.4, -0.2) is 67.4 Å². The third kappa shape index (κ3) is 4.80. The molecule has 0 spiro atoms. The van der Waals surface area contributed by atoms with Crippen LogP contribution in [0.3, 0.4) is 0 Å². The fraction of sp³-hybridized carbons (Fsp3) is 0.579. The van der Waals surface area contributed by atoms with Gasteiger partial charge < -0.3 is 15.5 Å². The summed E-state index contributed by atoms with van der Waals surface area (Å²) in [6.07, 6.45) is 0. The van der Waals surface area contributed by atoms with Crippen LogP contribution >= 0.6 is 0 Å². The van der Waals surface area contributed by atoms with Crippen molar-refractivity contribution in [3.8, 4) is 0 Å². The van der Waals surface area contributed by atoms with Gasteiger partial charge >= 0.3 is 0 Å².